The Hall–Kier alpha value is -0.860. The normalized spacial score (nSPS) is 19.9. The van der Waals surface area contributed by atoms with Crippen LogP contribution < -0.4 is 5.73 Å². The topological polar surface area (TPSA) is 29.3 Å². The third kappa shape index (κ3) is 2.21. The lowest BCUT2D eigenvalue weighted by Crippen LogP contribution is -2.56. The summed E-state index contributed by atoms with van der Waals surface area (Å²) in [5.41, 5.74) is 8.58. The smallest absolute Gasteiger partial charge is 0.0346 e. The SMILES string of the molecule is CCC(c1ccc(C)cc1)N1CC(N)C1. The fourth-order valence-corrected chi connectivity index (χ4v) is 2.30. The maximum Gasteiger partial charge on any atom is 0.0346 e. The summed E-state index contributed by atoms with van der Waals surface area (Å²) in [7, 11) is 0. The van der Waals surface area contributed by atoms with Crippen LogP contribution in [0.2, 0.25) is 0 Å². The van der Waals surface area contributed by atoms with Gasteiger partial charge in [-0.15, -0.1) is 0 Å². The predicted molar refractivity (Wildman–Crippen MR) is 63.8 cm³/mol. The van der Waals surface area contributed by atoms with E-state index in [4.69, 9.17) is 5.73 Å². The van der Waals surface area contributed by atoms with Crippen LogP contribution in [0, 0.1) is 6.92 Å². The minimum atomic E-state index is 0.393. The summed E-state index contributed by atoms with van der Waals surface area (Å²) in [6.07, 6.45) is 1.16. The molecule has 2 nitrogen and oxygen atoms in total. The Morgan fingerprint density at radius 2 is 1.93 bits per heavy atom. The Labute approximate surface area is 92.1 Å². The van der Waals surface area contributed by atoms with Crippen molar-refractivity contribution in [2.75, 3.05) is 13.1 Å². The van der Waals surface area contributed by atoms with Crippen molar-refractivity contribution >= 4 is 0 Å². The first kappa shape index (κ1) is 10.7. The zero-order valence-corrected chi connectivity index (χ0v) is 9.61. The number of aryl methyl sites for hydroxylation is 1. The molecule has 1 atom stereocenters. The van der Waals surface area contributed by atoms with E-state index in [0.717, 1.165) is 19.5 Å². The molecule has 1 fully saturated rings. The van der Waals surface area contributed by atoms with Crippen LogP contribution in [0.5, 0.6) is 0 Å². The fourth-order valence-electron chi connectivity index (χ4n) is 2.30. The number of hydrogen-bond acceptors (Lipinski definition) is 2. The van der Waals surface area contributed by atoms with Gasteiger partial charge in [-0.2, -0.15) is 0 Å². The molecule has 1 aromatic rings. The van der Waals surface area contributed by atoms with Gasteiger partial charge in [-0.25, -0.2) is 0 Å². The Kier molecular flexibility index (Phi) is 3.08. The molecule has 1 aliphatic rings. The van der Waals surface area contributed by atoms with Crippen molar-refractivity contribution in [3.05, 3.63) is 35.4 Å². The van der Waals surface area contributed by atoms with Crippen LogP contribution in [0.15, 0.2) is 24.3 Å². The molecule has 0 aromatic heterocycles. The van der Waals surface area contributed by atoms with E-state index >= 15 is 0 Å². The van der Waals surface area contributed by atoms with Gasteiger partial charge in [-0.05, 0) is 18.9 Å². The summed E-state index contributed by atoms with van der Waals surface area (Å²) < 4.78 is 0. The quantitative estimate of drug-likeness (QED) is 0.817. The molecule has 15 heavy (non-hydrogen) atoms. The minimum absolute atomic E-state index is 0.393. The lowest BCUT2D eigenvalue weighted by atomic mass is 9.97. The second kappa shape index (κ2) is 4.33. The molecule has 0 amide bonds. The summed E-state index contributed by atoms with van der Waals surface area (Å²) in [5, 5.41) is 0. The van der Waals surface area contributed by atoms with Crippen LogP contribution in [0.25, 0.3) is 0 Å². The molecule has 0 saturated carbocycles. The summed E-state index contributed by atoms with van der Waals surface area (Å²) in [6, 6.07) is 9.82. The van der Waals surface area contributed by atoms with Crippen LogP contribution in [-0.2, 0) is 0 Å². The highest BCUT2D eigenvalue weighted by molar-refractivity contribution is 5.24. The van der Waals surface area contributed by atoms with E-state index in [1.165, 1.54) is 11.1 Å². The number of hydrogen-bond donors (Lipinski definition) is 1. The average molecular weight is 204 g/mol. The van der Waals surface area contributed by atoms with E-state index in [0.29, 0.717) is 12.1 Å². The lowest BCUT2D eigenvalue weighted by molar-refractivity contribution is 0.0911. The Morgan fingerprint density at radius 1 is 1.33 bits per heavy atom. The van der Waals surface area contributed by atoms with Gasteiger partial charge in [0.05, 0.1) is 0 Å². The highest BCUT2D eigenvalue weighted by atomic mass is 15.2. The van der Waals surface area contributed by atoms with Crippen LogP contribution >= 0.6 is 0 Å². The molecule has 2 heteroatoms. The molecular formula is C13H20N2. The Morgan fingerprint density at radius 3 is 2.40 bits per heavy atom. The van der Waals surface area contributed by atoms with Crippen molar-refractivity contribution in [3.8, 4) is 0 Å². The minimum Gasteiger partial charge on any atom is -0.325 e. The fraction of sp³-hybridized carbons (Fsp3) is 0.538. The zero-order chi connectivity index (χ0) is 10.8. The van der Waals surface area contributed by atoms with E-state index in [1.54, 1.807) is 0 Å². The average Bonchev–Trinajstić information content (AvgIpc) is 2.19. The van der Waals surface area contributed by atoms with Crippen molar-refractivity contribution in [2.45, 2.75) is 32.4 Å². The van der Waals surface area contributed by atoms with Gasteiger partial charge in [-0.1, -0.05) is 36.8 Å². The molecule has 82 valence electrons. The summed E-state index contributed by atoms with van der Waals surface area (Å²) in [4.78, 5) is 2.47. The molecule has 1 unspecified atom stereocenters. The van der Waals surface area contributed by atoms with Gasteiger partial charge >= 0.3 is 0 Å². The van der Waals surface area contributed by atoms with Gasteiger partial charge in [0.2, 0.25) is 0 Å². The van der Waals surface area contributed by atoms with Crippen molar-refractivity contribution in [1.82, 2.24) is 4.90 Å². The molecular weight excluding hydrogens is 184 g/mol. The Balaban J connectivity index is 2.09. The van der Waals surface area contributed by atoms with E-state index in [-0.39, 0.29) is 0 Å². The van der Waals surface area contributed by atoms with Crippen molar-refractivity contribution in [3.63, 3.8) is 0 Å². The van der Waals surface area contributed by atoms with Crippen LogP contribution in [0.4, 0.5) is 0 Å². The number of nitrogens with two attached hydrogens (primary N) is 1. The summed E-state index contributed by atoms with van der Waals surface area (Å²) in [5.74, 6) is 0. The van der Waals surface area contributed by atoms with Gasteiger partial charge < -0.3 is 5.73 Å². The lowest BCUT2D eigenvalue weighted by Gasteiger charge is -2.42. The second-order valence-corrected chi connectivity index (χ2v) is 4.55. The first-order valence-electron chi connectivity index (χ1n) is 5.77. The second-order valence-electron chi connectivity index (χ2n) is 4.55. The molecule has 0 bridgehead atoms. The van der Waals surface area contributed by atoms with Crippen molar-refractivity contribution < 1.29 is 0 Å². The molecule has 0 radical (unpaired) electrons. The standard InChI is InChI=1S/C13H20N2/c1-3-13(15-8-12(14)9-15)11-6-4-10(2)5-7-11/h4-7,12-13H,3,8-9,14H2,1-2H3. The summed E-state index contributed by atoms with van der Waals surface area (Å²) in [6.45, 7) is 6.47. The molecule has 0 spiro atoms. The van der Waals surface area contributed by atoms with Gasteiger partial charge in [0, 0.05) is 25.2 Å². The monoisotopic (exact) mass is 204 g/mol. The highest BCUT2D eigenvalue weighted by Crippen LogP contribution is 2.28. The van der Waals surface area contributed by atoms with Crippen molar-refractivity contribution in [1.29, 1.82) is 0 Å². The van der Waals surface area contributed by atoms with Crippen LogP contribution in [-0.4, -0.2) is 24.0 Å². The van der Waals surface area contributed by atoms with E-state index in [2.05, 4.69) is 43.0 Å². The van der Waals surface area contributed by atoms with Gasteiger partial charge in [-0.3, -0.25) is 4.90 Å². The molecule has 2 N–H and O–H groups in total. The van der Waals surface area contributed by atoms with Crippen LogP contribution in [0.3, 0.4) is 0 Å². The van der Waals surface area contributed by atoms with Crippen LogP contribution in [0.1, 0.15) is 30.5 Å². The number of nitrogens with zero attached hydrogens (tertiary/aromatic N) is 1. The number of likely N-dealkylation sites (tertiary alicyclic amines) is 1. The zero-order valence-electron chi connectivity index (χ0n) is 9.61. The summed E-state index contributed by atoms with van der Waals surface area (Å²) >= 11 is 0. The maximum atomic E-state index is 5.82. The molecule has 1 saturated heterocycles. The van der Waals surface area contributed by atoms with Gasteiger partial charge in [0.1, 0.15) is 0 Å². The maximum absolute atomic E-state index is 5.82. The highest BCUT2D eigenvalue weighted by Gasteiger charge is 2.29. The molecule has 1 aromatic carbocycles. The van der Waals surface area contributed by atoms with E-state index < -0.39 is 0 Å². The third-order valence-corrected chi connectivity index (χ3v) is 3.23. The molecule has 0 aliphatic carbocycles. The number of rotatable bonds is 3. The number of benzene rings is 1. The molecule has 1 aliphatic heterocycles. The molecule has 1 heterocycles. The predicted octanol–water partition coefficient (Wildman–Crippen LogP) is 2.09. The largest absolute Gasteiger partial charge is 0.325 e. The van der Waals surface area contributed by atoms with Gasteiger partial charge in [0.15, 0.2) is 0 Å². The first-order valence-corrected chi connectivity index (χ1v) is 5.77. The van der Waals surface area contributed by atoms with E-state index in [9.17, 15) is 0 Å². The molecule has 2 rings (SSSR count). The Bertz CT molecular complexity index is 312. The third-order valence-electron chi connectivity index (χ3n) is 3.23. The first-order chi connectivity index (χ1) is 7.20. The van der Waals surface area contributed by atoms with Crippen molar-refractivity contribution in [2.24, 2.45) is 5.73 Å². The van der Waals surface area contributed by atoms with E-state index in [1.807, 2.05) is 0 Å². The van der Waals surface area contributed by atoms with Gasteiger partial charge in [0.25, 0.3) is 0 Å².